The third-order valence-electron chi connectivity index (χ3n) is 1.86. The molecule has 15 heavy (non-hydrogen) atoms. The van der Waals surface area contributed by atoms with E-state index in [1.54, 1.807) is 0 Å². The number of hydrogen-bond acceptors (Lipinski definition) is 1. The first-order valence-corrected chi connectivity index (χ1v) is 5.23. The van der Waals surface area contributed by atoms with E-state index in [0.29, 0.717) is 0 Å². The van der Waals surface area contributed by atoms with Gasteiger partial charge in [-0.3, -0.25) is 0 Å². The molecular weight excluding hydrogens is 296 g/mol. The minimum Gasteiger partial charge on any atom is -0.496 e. The zero-order valence-corrected chi connectivity index (χ0v) is 10.0. The fourth-order valence-corrected chi connectivity index (χ4v) is 2.09. The molecule has 0 aromatic heterocycles. The minimum absolute atomic E-state index is 0.0357. The van der Waals surface area contributed by atoms with Crippen LogP contribution < -0.4 is 4.74 Å². The van der Waals surface area contributed by atoms with Crippen molar-refractivity contribution in [2.75, 3.05) is 7.11 Å². The SMILES string of the molecule is COc1ccc(Br)c(C(F)(F)F)c1CCl. The van der Waals surface area contributed by atoms with Gasteiger partial charge in [-0.15, -0.1) is 11.6 Å². The van der Waals surface area contributed by atoms with Gasteiger partial charge in [-0.2, -0.15) is 13.2 Å². The van der Waals surface area contributed by atoms with E-state index in [0.717, 1.165) is 0 Å². The Balaban J connectivity index is 3.46. The number of alkyl halides is 4. The molecule has 6 heteroatoms. The highest BCUT2D eigenvalue weighted by molar-refractivity contribution is 9.10. The fourth-order valence-electron chi connectivity index (χ4n) is 1.23. The van der Waals surface area contributed by atoms with E-state index in [-0.39, 0.29) is 21.7 Å². The molecule has 0 heterocycles. The lowest BCUT2D eigenvalue weighted by Crippen LogP contribution is -2.10. The molecule has 0 fully saturated rings. The summed E-state index contributed by atoms with van der Waals surface area (Å²) in [6.07, 6.45) is -4.45. The Hall–Kier alpha value is -0.420. The molecule has 1 nitrogen and oxygen atoms in total. The maximum Gasteiger partial charge on any atom is 0.417 e. The number of rotatable bonds is 2. The predicted molar refractivity (Wildman–Crippen MR) is 55.3 cm³/mol. The molecule has 0 spiro atoms. The maximum absolute atomic E-state index is 12.7. The topological polar surface area (TPSA) is 9.23 Å². The number of benzene rings is 1. The van der Waals surface area contributed by atoms with Crippen molar-refractivity contribution in [1.29, 1.82) is 0 Å². The van der Waals surface area contributed by atoms with Crippen molar-refractivity contribution < 1.29 is 17.9 Å². The number of hydrogen-bond donors (Lipinski definition) is 0. The first-order chi connectivity index (χ1) is 6.91. The molecular formula is C9H7BrClF3O. The molecule has 1 rings (SSSR count). The molecule has 0 saturated heterocycles. The lowest BCUT2D eigenvalue weighted by Gasteiger charge is -2.16. The van der Waals surface area contributed by atoms with Crippen molar-refractivity contribution in [1.82, 2.24) is 0 Å². The highest BCUT2D eigenvalue weighted by Gasteiger charge is 2.36. The van der Waals surface area contributed by atoms with E-state index in [1.165, 1.54) is 19.2 Å². The summed E-state index contributed by atoms with van der Waals surface area (Å²) < 4.78 is 42.8. The molecule has 1 aromatic carbocycles. The standard InChI is InChI=1S/C9H7BrClF3O/c1-15-7-3-2-6(10)8(5(7)4-11)9(12,13)14/h2-3H,4H2,1H3. The Labute approximate surface area is 98.3 Å². The van der Waals surface area contributed by atoms with Crippen molar-refractivity contribution in [3.63, 3.8) is 0 Å². The van der Waals surface area contributed by atoms with Crippen LogP contribution in [-0.4, -0.2) is 7.11 Å². The summed E-state index contributed by atoms with van der Waals surface area (Å²) in [5.41, 5.74) is -0.835. The monoisotopic (exact) mass is 302 g/mol. The molecule has 1 aromatic rings. The second-order valence-electron chi connectivity index (χ2n) is 2.73. The van der Waals surface area contributed by atoms with Crippen molar-refractivity contribution >= 4 is 27.5 Å². The molecule has 0 aliphatic carbocycles. The summed E-state index contributed by atoms with van der Waals surface area (Å²) in [7, 11) is 1.31. The zero-order chi connectivity index (χ0) is 11.6. The van der Waals surface area contributed by atoms with Gasteiger partial charge >= 0.3 is 6.18 Å². The molecule has 0 saturated carbocycles. The molecule has 0 bridgehead atoms. The van der Waals surface area contributed by atoms with Crippen LogP contribution in [0.25, 0.3) is 0 Å². The third-order valence-corrected chi connectivity index (χ3v) is 2.78. The molecule has 0 radical (unpaired) electrons. The molecule has 0 N–H and O–H groups in total. The summed E-state index contributed by atoms with van der Waals surface area (Å²) in [6, 6.07) is 2.73. The molecule has 0 atom stereocenters. The van der Waals surface area contributed by atoms with Crippen molar-refractivity contribution in [3.8, 4) is 5.75 Å². The largest absolute Gasteiger partial charge is 0.496 e. The van der Waals surface area contributed by atoms with Gasteiger partial charge in [-0.05, 0) is 12.1 Å². The van der Waals surface area contributed by atoms with Gasteiger partial charge in [0.05, 0.1) is 18.6 Å². The Morgan fingerprint density at radius 1 is 1.40 bits per heavy atom. The molecule has 0 aliphatic rings. The quantitative estimate of drug-likeness (QED) is 0.744. The average Bonchev–Trinajstić information content (AvgIpc) is 2.15. The van der Waals surface area contributed by atoms with E-state index in [2.05, 4.69) is 15.9 Å². The first kappa shape index (κ1) is 12.6. The Kier molecular flexibility index (Phi) is 3.89. The van der Waals surface area contributed by atoms with Crippen LogP contribution in [0.1, 0.15) is 11.1 Å². The van der Waals surface area contributed by atoms with Crippen LogP contribution in [0.3, 0.4) is 0 Å². The Bertz CT molecular complexity index is 365. The van der Waals surface area contributed by atoms with Crippen LogP contribution in [0.4, 0.5) is 13.2 Å². The van der Waals surface area contributed by atoms with Crippen LogP contribution >= 0.6 is 27.5 Å². The number of ether oxygens (including phenoxy) is 1. The van der Waals surface area contributed by atoms with Crippen LogP contribution in [0, 0.1) is 0 Å². The van der Waals surface area contributed by atoms with Crippen LogP contribution in [0.15, 0.2) is 16.6 Å². The molecule has 0 amide bonds. The van der Waals surface area contributed by atoms with Gasteiger partial charge < -0.3 is 4.74 Å². The Morgan fingerprint density at radius 2 is 2.00 bits per heavy atom. The lowest BCUT2D eigenvalue weighted by atomic mass is 10.1. The molecule has 0 unspecified atom stereocenters. The van der Waals surface area contributed by atoms with Gasteiger partial charge in [0.15, 0.2) is 0 Å². The fraction of sp³-hybridized carbons (Fsp3) is 0.333. The van der Waals surface area contributed by atoms with Gasteiger partial charge in [0.2, 0.25) is 0 Å². The van der Waals surface area contributed by atoms with Gasteiger partial charge in [0, 0.05) is 10.0 Å². The predicted octanol–water partition coefficient (Wildman–Crippen LogP) is 4.22. The van der Waals surface area contributed by atoms with Crippen LogP contribution in [0.2, 0.25) is 0 Å². The number of methoxy groups -OCH3 is 1. The molecule has 84 valence electrons. The molecule has 0 aliphatic heterocycles. The second-order valence-corrected chi connectivity index (χ2v) is 3.86. The van der Waals surface area contributed by atoms with Gasteiger partial charge in [0.1, 0.15) is 5.75 Å². The van der Waals surface area contributed by atoms with E-state index in [1.807, 2.05) is 0 Å². The normalized spacial score (nSPS) is 11.6. The van der Waals surface area contributed by atoms with E-state index < -0.39 is 11.7 Å². The Morgan fingerprint density at radius 3 is 2.40 bits per heavy atom. The van der Waals surface area contributed by atoms with Gasteiger partial charge in [-0.1, -0.05) is 15.9 Å². The third kappa shape index (κ3) is 2.58. The first-order valence-electron chi connectivity index (χ1n) is 3.90. The maximum atomic E-state index is 12.7. The lowest BCUT2D eigenvalue weighted by molar-refractivity contribution is -0.138. The minimum atomic E-state index is -4.45. The highest BCUT2D eigenvalue weighted by atomic mass is 79.9. The second kappa shape index (κ2) is 4.61. The van der Waals surface area contributed by atoms with Crippen LogP contribution in [-0.2, 0) is 12.1 Å². The highest BCUT2D eigenvalue weighted by Crippen LogP contribution is 2.41. The van der Waals surface area contributed by atoms with E-state index in [9.17, 15) is 13.2 Å². The number of halogens is 5. The summed E-state index contributed by atoms with van der Waals surface area (Å²) in [6.45, 7) is 0. The smallest absolute Gasteiger partial charge is 0.417 e. The van der Waals surface area contributed by atoms with Crippen molar-refractivity contribution in [3.05, 3.63) is 27.7 Å². The van der Waals surface area contributed by atoms with Crippen molar-refractivity contribution in [2.45, 2.75) is 12.1 Å². The van der Waals surface area contributed by atoms with Gasteiger partial charge in [-0.25, -0.2) is 0 Å². The van der Waals surface area contributed by atoms with Crippen LogP contribution in [0.5, 0.6) is 5.75 Å². The summed E-state index contributed by atoms with van der Waals surface area (Å²) in [5.74, 6) is -0.113. The summed E-state index contributed by atoms with van der Waals surface area (Å²) in [4.78, 5) is 0. The van der Waals surface area contributed by atoms with Gasteiger partial charge in [0.25, 0.3) is 0 Å². The summed E-state index contributed by atoms with van der Waals surface area (Å²) >= 11 is 8.35. The summed E-state index contributed by atoms with van der Waals surface area (Å²) in [5, 5.41) is 0. The zero-order valence-electron chi connectivity index (χ0n) is 7.66. The van der Waals surface area contributed by atoms with Crippen molar-refractivity contribution in [2.24, 2.45) is 0 Å². The van der Waals surface area contributed by atoms with E-state index in [4.69, 9.17) is 16.3 Å². The average molecular weight is 304 g/mol. The van der Waals surface area contributed by atoms with E-state index >= 15 is 0 Å².